The standard InChI is InChI=1S/C38H25N5O4S2/c1-42-33-20-35(48-37(33)38-34(42)21-36(49-38)43(25-8-4-2-5-9-25)26-10-6-3-7-11-26)24-12-14-39-29(16-24)31-18-28(47-23-45)19-32(41-31)30-17-27(46-22-44)13-15-40-30/h2-23H,1H3. The van der Waals surface area contributed by atoms with Gasteiger partial charge in [-0.1, -0.05) is 36.4 Å². The molecule has 0 N–H and O–H groups in total. The Morgan fingerprint density at radius 2 is 1.20 bits per heavy atom. The van der Waals surface area contributed by atoms with E-state index < -0.39 is 0 Å². The Morgan fingerprint density at radius 3 is 1.88 bits per heavy atom. The third-order valence-corrected chi connectivity index (χ3v) is 10.5. The maximum absolute atomic E-state index is 11.3. The molecule has 0 amide bonds. The topological polar surface area (TPSA) is 99.4 Å². The Kier molecular flexibility index (Phi) is 7.88. The molecule has 0 spiro atoms. The van der Waals surface area contributed by atoms with E-state index in [-0.39, 0.29) is 5.75 Å². The number of nitrogens with zero attached hydrogens (tertiary/aromatic N) is 5. The molecule has 0 bridgehead atoms. The summed E-state index contributed by atoms with van der Waals surface area (Å²) in [5.74, 6) is 0.596. The van der Waals surface area contributed by atoms with Crippen LogP contribution in [0.1, 0.15) is 0 Å². The van der Waals surface area contributed by atoms with Crippen LogP contribution in [0.5, 0.6) is 11.5 Å². The highest BCUT2D eigenvalue weighted by Crippen LogP contribution is 2.48. The average Bonchev–Trinajstić information content (AvgIpc) is 3.83. The van der Waals surface area contributed by atoms with Crippen LogP contribution in [0, 0.1) is 0 Å². The molecule has 0 aliphatic heterocycles. The summed E-state index contributed by atoms with van der Waals surface area (Å²) in [7, 11) is 2.11. The highest BCUT2D eigenvalue weighted by atomic mass is 32.1. The Hall–Kier alpha value is -6.17. The van der Waals surface area contributed by atoms with Gasteiger partial charge in [-0.25, -0.2) is 4.98 Å². The predicted octanol–water partition coefficient (Wildman–Crippen LogP) is 9.18. The lowest BCUT2D eigenvalue weighted by atomic mass is 10.1. The van der Waals surface area contributed by atoms with Crippen molar-refractivity contribution < 1.29 is 19.1 Å². The van der Waals surface area contributed by atoms with Crippen molar-refractivity contribution in [1.29, 1.82) is 0 Å². The minimum absolute atomic E-state index is 0.281. The van der Waals surface area contributed by atoms with Crippen LogP contribution in [-0.2, 0) is 16.6 Å². The molecule has 0 radical (unpaired) electrons. The van der Waals surface area contributed by atoms with Gasteiger partial charge >= 0.3 is 0 Å². The van der Waals surface area contributed by atoms with E-state index >= 15 is 0 Å². The maximum Gasteiger partial charge on any atom is 0.298 e. The Labute approximate surface area is 288 Å². The second kappa shape index (κ2) is 12.8. The molecule has 8 rings (SSSR count). The average molecular weight is 680 g/mol. The van der Waals surface area contributed by atoms with Gasteiger partial charge in [0.25, 0.3) is 12.9 Å². The maximum atomic E-state index is 11.3. The summed E-state index contributed by atoms with van der Waals surface area (Å²) >= 11 is 3.52. The molecular weight excluding hydrogens is 655 g/mol. The van der Waals surface area contributed by atoms with Crippen LogP contribution in [0.4, 0.5) is 16.4 Å². The number of hydrogen-bond donors (Lipinski definition) is 0. The molecule has 0 unspecified atom stereocenters. The Balaban J connectivity index is 1.19. The molecule has 0 aliphatic carbocycles. The summed E-state index contributed by atoms with van der Waals surface area (Å²) in [6.07, 6.45) is 3.26. The molecule has 11 heteroatoms. The summed E-state index contributed by atoms with van der Waals surface area (Å²) in [4.78, 5) is 39.3. The minimum atomic E-state index is 0.281. The first-order valence-electron chi connectivity index (χ1n) is 15.2. The lowest BCUT2D eigenvalue weighted by Crippen LogP contribution is -2.07. The molecule has 0 fully saturated rings. The number of ether oxygens (including phenoxy) is 2. The fourth-order valence-electron chi connectivity index (χ4n) is 5.81. The van der Waals surface area contributed by atoms with E-state index in [2.05, 4.69) is 87.1 Å². The van der Waals surface area contributed by atoms with Gasteiger partial charge in [0, 0.05) is 53.9 Å². The molecule has 238 valence electrons. The van der Waals surface area contributed by atoms with E-state index in [0.717, 1.165) is 32.3 Å². The van der Waals surface area contributed by atoms with Crippen LogP contribution < -0.4 is 14.4 Å². The van der Waals surface area contributed by atoms with E-state index in [1.54, 1.807) is 53.1 Å². The van der Waals surface area contributed by atoms with E-state index in [9.17, 15) is 9.59 Å². The number of hydrogen-bond acceptors (Lipinski definition) is 10. The van der Waals surface area contributed by atoms with Gasteiger partial charge in [0.2, 0.25) is 0 Å². The summed E-state index contributed by atoms with van der Waals surface area (Å²) in [5.41, 5.74) is 7.48. The van der Waals surface area contributed by atoms with Gasteiger partial charge in [0.1, 0.15) is 16.5 Å². The van der Waals surface area contributed by atoms with Gasteiger partial charge < -0.3 is 18.9 Å². The normalized spacial score (nSPS) is 11.1. The largest absolute Gasteiger partial charge is 0.429 e. The summed E-state index contributed by atoms with van der Waals surface area (Å²) in [6, 6.07) is 35.7. The Bertz CT molecular complexity index is 2430. The van der Waals surface area contributed by atoms with Crippen molar-refractivity contribution in [3.05, 3.63) is 122 Å². The van der Waals surface area contributed by atoms with Crippen LogP contribution >= 0.6 is 22.7 Å². The molecule has 0 atom stereocenters. The summed E-state index contributed by atoms with van der Waals surface area (Å²) in [6.45, 7) is 0.707. The lowest BCUT2D eigenvalue weighted by molar-refractivity contribution is -0.121. The zero-order valence-electron chi connectivity index (χ0n) is 25.9. The molecule has 0 aliphatic rings. The van der Waals surface area contributed by atoms with Gasteiger partial charge in [-0.2, -0.15) is 0 Å². The van der Waals surface area contributed by atoms with Crippen LogP contribution in [0.15, 0.2) is 122 Å². The third kappa shape index (κ3) is 5.71. The van der Waals surface area contributed by atoms with Crippen LogP contribution in [0.3, 0.4) is 0 Å². The van der Waals surface area contributed by atoms with Crippen molar-refractivity contribution in [2.45, 2.75) is 0 Å². The number of fused-ring (bicyclic) bond motifs is 3. The number of pyridine rings is 3. The highest BCUT2D eigenvalue weighted by Gasteiger charge is 2.21. The molecule has 0 saturated carbocycles. The summed E-state index contributed by atoms with van der Waals surface area (Å²) in [5, 5.41) is 1.14. The van der Waals surface area contributed by atoms with E-state index in [1.807, 2.05) is 24.3 Å². The van der Waals surface area contributed by atoms with Crippen molar-refractivity contribution >= 4 is 72.4 Å². The van der Waals surface area contributed by atoms with Crippen LogP contribution in [0.25, 0.3) is 53.6 Å². The minimum Gasteiger partial charge on any atom is -0.429 e. The zero-order chi connectivity index (χ0) is 33.3. The van der Waals surface area contributed by atoms with Crippen LogP contribution in [0.2, 0.25) is 0 Å². The van der Waals surface area contributed by atoms with E-state index in [4.69, 9.17) is 14.5 Å². The Morgan fingerprint density at radius 1 is 0.633 bits per heavy atom. The number of carbonyl (C=O) groups is 2. The van der Waals surface area contributed by atoms with E-state index in [1.165, 1.54) is 21.1 Å². The van der Waals surface area contributed by atoms with Crippen molar-refractivity contribution in [2.24, 2.45) is 7.05 Å². The van der Waals surface area contributed by atoms with E-state index in [0.29, 0.717) is 41.5 Å². The number of rotatable bonds is 10. The van der Waals surface area contributed by atoms with Gasteiger partial charge in [-0.3, -0.25) is 19.6 Å². The quantitative estimate of drug-likeness (QED) is 0.132. The first-order valence-corrected chi connectivity index (χ1v) is 16.8. The SMILES string of the molecule is Cn1c2cc(-c3ccnc(-c4cc(OC=O)cc(-c5cc(OC=O)ccn5)n4)c3)sc2c2sc(N(c3ccccc3)c3ccccc3)cc21. The first-order chi connectivity index (χ1) is 24.1. The second-order valence-corrected chi connectivity index (χ2v) is 13.1. The fraction of sp³-hybridized carbons (Fsp3) is 0.0263. The number of para-hydroxylation sites is 2. The zero-order valence-corrected chi connectivity index (χ0v) is 27.5. The number of carbonyl (C=O) groups excluding carboxylic acids is 2. The van der Waals surface area contributed by atoms with Gasteiger partial charge in [-0.05, 0) is 60.2 Å². The molecule has 6 heterocycles. The number of aryl methyl sites for hydroxylation is 1. The lowest BCUT2D eigenvalue weighted by Gasteiger charge is -2.23. The van der Waals surface area contributed by atoms with Crippen molar-refractivity contribution in [2.75, 3.05) is 4.90 Å². The number of benzene rings is 2. The fourth-order valence-corrected chi connectivity index (χ4v) is 8.37. The third-order valence-electron chi connectivity index (χ3n) is 8.06. The smallest absolute Gasteiger partial charge is 0.298 e. The van der Waals surface area contributed by atoms with Gasteiger partial charge in [0.15, 0.2) is 0 Å². The molecule has 9 nitrogen and oxygen atoms in total. The van der Waals surface area contributed by atoms with Crippen molar-refractivity contribution in [1.82, 2.24) is 19.5 Å². The van der Waals surface area contributed by atoms with Crippen LogP contribution in [-0.4, -0.2) is 32.5 Å². The van der Waals surface area contributed by atoms with Gasteiger partial charge in [0.05, 0.1) is 43.2 Å². The molecular formula is C38H25N5O4S2. The van der Waals surface area contributed by atoms with Crippen molar-refractivity contribution in [3.63, 3.8) is 0 Å². The first kappa shape index (κ1) is 30.2. The number of anilines is 3. The molecule has 2 aromatic carbocycles. The summed E-state index contributed by atoms with van der Waals surface area (Å²) < 4.78 is 14.9. The van der Waals surface area contributed by atoms with Crippen molar-refractivity contribution in [3.8, 4) is 44.7 Å². The van der Waals surface area contributed by atoms with Gasteiger partial charge in [-0.15, -0.1) is 22.7 Å². The predicted molar refractivity (Wildman–Crippen MR) is 194 cm³/mol. The number of thiophene rings is 2. The molecule has 0 saturated heterocycles. The second-order valence-electron chi connectivity index (χ2n) is 11.0. The monoisotopic (exact) mass is 679 g/mol. The molecule has 8 aromatic rings. The number of aromatic nitrogens is 4. The highest BCUT2D eigenvalue weighted by molar-refractivity contribution is 7.30. The molecule has 6 aromatic heterocycles. The molecule has 49 heavy (non-hydrogen) atoms.